The van der Waals surface area contributed by atoms with E-state index in [0.29, 0.717) is 6.54 Å². The fourth-order valence-corrected chi connectivity index (χ4v) is 4.01. The van der Waals surface area contributed by atoms with Gasteiger partial charge in [-0.2, -0.15) is 9.40 Å². The minimum absolute atomic E-state index is 0.0331. The van der Waals surface area contributed by atoms with Crippen molar-refractivity contribution in [2.24, 2.45) is 0 Å². The summed E-state index contributed by atoms with van der Waals surface area (Å²) in [5, 5.41) is 6.47. The van der Waals surface area contributed by atoms with Gasteiger partial charge in [-0.3, -0.25) is 5.10 Å². The number of sulfonamides is 1. The molecule has 18 heavy (non-hydrogen) atoms. The van der Waals surface area contributed by atoms with Gasteiger partial charge in [-0.05, 0) is 32.5 Å². The fourth-order valence-electron chi connectivity index (χ4n) is 2.38. The number of likely N-dealkylation sites (N-methyl/N-ethyl adjacent to an activating group) is 1. The van der Waals surface area contributed by atoms with E-state index in [-0.39, 0.29) is 11.1 Å². The summed E-state index contributed by atoms with van der Waals surface area (Å²) in [5.41, 5.74) is 0. The molecule has 0 aromatic carbocycles. The average Bonchev–Trinajstić information content (AvgIpc) is 2.80. The van der Waals surface area contributed by atoms with Crippen LogP contribution in [0.5, 0.6) is 0 Å². The summed E-state index contributed by atoms with van der Waals surface area (Å²) in [7, 11) is -1.40. The van der Waals surface area contributed by atoms with Gasteiger partial charge in [0, 0.05) is 19.1 Å². The van der Waals surface area contributed by atoms with Crippen molar-refractivity contribution in [1.82, 2.24) is 19.4 Å². The number of hydrogen-bond donors (Lipinski definition) is 1. The number of nitrogens with one attached hydrogen (secondary N) is 1. The van der Waals surface area contributed by atoms with Crippen molar-refractivity contribution in [3.05, 3.63) is 12.3 Å². The zero-order valence-corrected chi connectivity index (χ0v) is 11.7. The molecule has 1 fully saturated rings. The molecule has 1 aromatic rings. The molecule has 7 heteroatoms. The van der Waals surface area contributed by atoms with Crippen molar-refractivity contribution in [3.63, 3.8) is 0 Å². The molecule has 2 heterocycles. The lowest BCUT2D eigenvalue weighted by molar-refractivity contribution is 0.270. The molecular weight excluding hydrogens is 252 g/mol. The molecule has 102 valence electrons. The van der Waals surface area contributed by atoms with Crippen LogP contribution in [0.4, 0.5) is 0 Å². The molecule has 1 N–H and O–H groups in total. The smallest absolute Gasteiger partial charge is 0.260 e. The Labute approximate surface area is 108 Å². The molecule has 6 nitrogen and oxygen atoms in total. The van der Waals surface area contributed by atoms with Gasteiger partial charge >= 0.3 is 0 Å². The summed E-state index contributed by atoms with van der Waals surface area (Å²) >= 11 is 0. The van der Waals surface area contributed by atoms with Crippen molar-refractivity contribution >= 4 is 10.0 Å². The van der Waals surface area contributed by atoms with E-state index >= 15 is 0 Å². The van der Waals surface area contributed by atoms with Crippen LogP contribution in [-0.2, 0) is 10.0 Å². The second-order valence-corrected chi connectivity index (χ2v) is 6.57. The first-order valence-corrected chi connectivity index (χ1v) is 7.69. The van der Waals surface area contributed by atoms with Gasteiger partial charge in [0.05, 0.1) is 6.20 Å². The quantitative estimate of drug-likeness (QED) is 0.870. The Morgan fingerprint density at radius 3 is 2.89 bits per heavy atom. The van der Waals surface area contributed by atoms with Crippen LogP contribution in [-0.4, -0.2) is 60.5 Å². The largest absolute Gasteiger partial charge is 0.305 e. The Hall–Kier alpha value is -0.920. The Kier molecular flexibility index (Phi) is 4.04. The number of nitrogens with zero attached hydrogens (tertiary/aromatic N) is 3. The Morgan fingerprint density at radius 2 is 2.28 bits per heavy atom. The molecule has 1 aromatic heterocycles. The van der Waals surface area contributed by atoms with Gasteiger partial charge in [0.15, 0.2) is 5.03 Å². The summed E-state index contributed by atoms with van der Waals surface area (Å²) < 4.78 is 26.6. The molecule has 0 saturated carbocycles. The third kappa shape index (κ3) is 2.57. The molecule has 2 rings (SSSR count). The molecule has 0 aliphatic carbocycles. The van der Waals surface area contributed by atoms with Gasteiger partial charge < -0.3 is 4.90 Å². The predicted octanol–water partition coefficient (Wildman–Crippen LogP) is 0.515. The fraction of sp³-hybridized carbons (Fsp3) is 0.727. The maximum Gasteiger partial charge on any atom is 0.260 e. The third-order valence-corrected chi connectivity index (χ3v) is 5.26. The predicted molar refractivity (Wildman–Crippen MR) is 68.7 cm³/mol. The first-order chi connectivity index (χ1) is 8.55. The van der Waals surface area contributed by atoms with Gasteiger partial charge in [0.25, 0.3) is 10.0 Å². The van der Waals surface area contributed by atoms with Crippen LogP contribution >= 0.6 is 0 Å². The zero-order valence-electron chi connectivity index (χ0n) is 10.8. The van der Waals surface area contributed by atoms with Crippen LogP contribution in [0.1, 0.15) is 19.8 Å². The molecule has 1 saturated heterocycles. The van der Waals surface area contributed by atoms with Crippen molar-refractivity contribution in [2.45, 2.75) is 30.8 Å². The summed E-state index contributed by atoms with van der Waals surface area (Å²) in [4.78, 5) is 2.19. The maximum atomic E-state index is 12.5. The first kappa shape index (κ1) is 13.5. The number of rotatable bonds is 3. The normalized spacial score (nSPS) is 24.0. The van der Waals surface area contributed by atoms with E-state index < -0.39 is 10.0 Å². The second-order valence-electron chi connectivity index (χ2n) is 4.71. The van der Waals surface area contributed by atoms with Crippen LogP contribution < -0.4 is 0 Å². The van der Waals surface area contributed by atoms with E-state index in [0.717, 1.165) is 25.9 Å². The SMILES string of the molecule is CCC1CN(C)CCCN1S(=O)(=O)c1ccn[nH]1. The van der Waals surface area contributed by atoms with Crippen LogP contribution in [0.2, 0.25) is 0 Å². The monoisotopic (exact) mass is 272 g/mol. The summed E-state index contributed by atoms with van der Waals surface area (Å²) in [5.74, 6) is 0. The van der Waals surface area contributed by atoms with E-state index in [4.69, 9.17) is 0 Å². The van der Waals surface area contributed by atoms with Gasteiger partial charge in [0.1, 0.15) is 0 Å². The van der Waals surface area contributed by atoms with E-state index in [9.17, 15) is 8.42 Å². The highest BCUT2D eigenvalue weighted by Crippen LogP contribution is 2.20. The van der Waals surface area contributed by atoms with Crippen LogP contribution in [0, 0.1) is 0 Å². The van der Waals surface area contributed by atoms with E-state index in [1.165, 1.54) is 12.3 Å². The molecular formula is C11H20N4O2S. The molecule has 1 aliphatic rings. The second kappa shape index (κ2) is 5.38. The summed E-state index contributed by atoms with van der Waals surface area (Å²) in [6.45, 7) is 4.32. The summed E-state index contributed by atoms with van der Waals surface area (Å²) in [6.07, 6.45) is 3.15. The number of aromatic amines is 1. The molecule has 1 atom stereocenters. The molecule has 0 radical (unpaired) electrons. The Bertz CT molecular complexity index is 471. The Balaban J connectivity index is 2.30. The maximum absolute atomic E-state index is 12.5. The van der Waals surface area contributed by atoms with Gasteiger partial charge in [-0.25, -0.2) is 8.42 Å². The average molecular weight is 272 g/mol. The van der Waals surface area contributed by atoms with Crippen LogP contribution in [0.15, 0.2) is 17.3 Å². The molecule has 1 unspecified atom stereocenters. The molecule has 0 amide bonds. The highest BCUT2D eigenvalue weighted by Gasteiger charge is 2.33. The van der Waals surface area contributed by atoms with E-state index in [1.54, 1.807) is 4.31 Å². The summed E-state index contributed by atoms with van der Waals surface area (Å²) in [6, 6.07) is 1.54. The van der Waals surface area contributed by atoms with Gasteiger partial charge in [-0.15, -0.1) is 0 Å². The lowest BCUT2D eigenvalue weighted by Gasteiger charge is -2.28. The third-order valence-electron chi connectivity index (χ3n) is 3.38. The number of H-pyrrole nitrogens is 1. The highest BCUT2D eigenvalue weighted by molar-refractivity contribution is 7.89. The highest BCUT2D eigenvalue weighted by atomic mass is 32.2. The van der Waals surface area contributed by atoms with Crippen LogP contribution in [0.25, 0.3) is 0 Å². The number of hydrogen-bond acceptors (Lipinski definition) is 4. The van der Waals surface area contributed by atoms with E-state index in [2.05, 4.69) is 15.1 Å². The first-order valence-electron chi connectivity index (χ1n) is 6.25. The minimum atomic E-state index is -3.44. The van der Waals surface area contributed by atoms with Gasteiger partial charge in [-0.1, -0.05) is 6.92 Å². The van der Waals surface area contributed by atoms with Crippen molar-refractivity contribution < 1.29 is 8.42 Å². The van der Waals surface area contributed by atoms with Crippen molar-refractivity contribution in [2.75, 3.05) is 26.7 Å². The molecule has 1 aliphatic heterocycles. The van der Waals surface area contributed by atoms with Crippen LogP contribution in [0.3, 0.4) is 0 Å². The Morgan fingerprint density at radius 1 is 1.50 bits per heavy atom. The van der Waals surface area contributed by atoms with Crippen molar-refractivity contribution in [3.8, 4) is 0 Å². The topological polar surface area (TPSA) is 69.3 Å². The zero-order chi connectivity index (χ0) is 13.2. The molecule has 0 bridgehead atoms. The molecule has 0 spiro atoms. The lowest BCUT2D eigenvalue weighted by atomic mass is 10.2. The van der Waals surface area contributed by atoms with Gasteiger partial charge in [0.2, 0.25) is 0 Å². The minimum Gasteiger partial charge on any atom is -0.305 e. The lowest BCUT2D eigenvalue weighted by Crippen LogP contribution is -2.43. The van der Waals surface area contributed by atoms with Crippen molar-refractivity contribution in [1.29, 1.82) is 0 Å². The van der Waals surface area contributed by atoms with E-state index in [1.807, 2.05) is 14.0 Å². The number of aromatic nitrogens is 2. The standard InChI is InChI=1S/C11H20N4O2S/c1-3-10-9-14(2)7-4-8-15(10)18(16,17)11-5-6-12-13-11/h5-6,10H,3-4,7-9H2,1-2H3,(H,12,13).